The molecule has 0 saturated heterocycles. The van der Waals surface area contributed by atoms with E-state index in [4.69, 9.17) is 10.5 Å². The average Bonchev–Trinajstić information content (AvgIpc) is 2.44. The lowest BCUT2D eigenvalue weighted by Crippen LogP contribution is -2.40. The Hall–Kier alpha value is -2.24. The van der Waals surface area contributed by atoms with Crippen molar-refractivity contribution in [3.63, 3.8) is 0 Å². The molecule has 6 nitrogen and oxygen atoms in total. The van der Waals surface area contributed by atoms with Crippen LogP contribution in [0.3, 0.4) is 0 Å². The summed E-state index contributed by atoms with van der Waals surface area (Å²) in [5.41, 5.74) is 6.02. The Kier molecular flexibility index (Phi) is 4.81. The van der Waals surface area contributed by atoms with Crippen molar-refractivity contribution in [1.29, 1.82) is 0 Å². The highest BCUT2D eigenvalue weighted by molar-refractivity contribution is 5.75. The lowest BCUT2D eigenvalue weighted by atomic mass is 10.0. The summed E-state index contributed by atoms with van der Waals surface area (Å²) in [5, 5.41) is 5.63. The number of amides is 3. The van der Waals surface area contributed by atoms with Crippen molar-refractivity contribution < 1.29 is 14.3 Å². The number of ether oxygens (including phenoxy) is 1. The molecular weight excluding hydrogens is 258 g/mol. The molecule has 0 unspecified atom stereocenters. The minimum Gasteiger partial charge on any atom is -0.493 e. The number of hydrogen-bond donors (Lipinski definition) is 3. The number of primary amides is 1. The topological polar surface area (TPSA) is 93.5 Å². The summed E-state index contributed by atoms with van der Waals surface area (Å²) in [6.07, 6.45) is 1.57. The zero-order valence-corrected chi connectivity index (χ0v) is 11.2. The first-order valence-electron chi connectivity index (χ1n) is 6.71. The summed E-state index contributed by atoms with van der Waals surface area (Å²) in [4.78, 5) is 22.4. The highest BCUT2D eigenvalue weighted by Gasteiger charge is 2.22. The predicted molar refractivity (Wildman–Crippen MR) is 74.3 cm³/mol. The van der Waals surface area contributed by atoms with E-state index in [1.807, 2.05) is 24.3 Å². The maximum Gasteiger partial charge on any atom is 0.315 e. The molecule has 0 radical (unpaired) electrons. The maximum absolute atomic E-state index is 11.8. The van der Waals surface area contributed by atoms with Crippen molar-refractivity contribution in [2.24, 2.45) is 5.73 Å². The Labute approximate surface area is 117 Å². The van der Waals surface area contributed by atoms with E-state index in [2.05, 4.69) is 10.6 Å². The van der Waals surface area contributed by atoms with Crippen LogP contribution >= 0.6 is 0 Å². The smallest absolute Gasteiger partial charge is 0.315 e. The molecule has 1 aromatic carbocycles. The van der Waals surface area contributed by atoms with Crippen LogP contribution in [0.4, 0.5) is 4.79 Å². The van der Waals surface area contributed by atoms with Crippen LogP contribution in [0.2, 0.25) is 0 Å². The summed E-state index contributed by atoms with van der Waals surface area (Å²) in [6, 6.07) is 7.39. The van der Waals surface area contributed by atoms with Gasteiger partial charge in [-0.15, -0.1) is 0 Å². The number of benzene rings is 1. The highest BCUT2D eigenvalue weighted by Crippen LogP contribution is 2.31. The number of hydrogen-bond acceptors (Lipinski definition) is 3. The normalized spacial score (nSPS) is 16.7. The zero-order valence-electron chi connectivity index (χ0n) is 11.2. The van der Waals surface area contributed by atoms with Gasteiger partial charge in [-0.3, -0.25) is 4.79 Å². The molecule has 0 bridgehead atoms. The summed E-state index contributed by atoms with van der Waals surface area (Å²) < 4.78 is 5.54. The van der Waals surface area contributed by atoms with Gasteiger partial charge < -0.3 is 21.1 Å². The number of carbonyl (C=O) groups excluding carboxylic acids is 2. The van der Waals surface area contributed by atoms with Crippen molar-refractivity contribution in [2.75, 3.05) is 13.2 Å². The van der Waals surface area contributed by atoms with Crippen LogP contribution in [0.1, 0.15) is 30.9 Å². The first-order valence-corrected chi connectivity index (χ1v) is 6.71. The molecule has 1 aliphatic rings. The summed E-state index contributed by atoms with van der Waals surface area (Å²) in [6.45, 7) is 1.02. The van der Waals surface area contributed by atoms with Crippen molar-refractivity contribution in [3.05, 3.63) is 29.8 Å². The third-order valence-electron chi connectivity index (χ3n) is 3.15. The molecule has 0 aromatic heterocycles. The minimum atomic E-state index is -0.356. The number of fused-ring (bicyclic) bond motifs is 1. The predicted octanol–water partition coefficient (Wildman–Crippen LogP) is 1.07. The Bertz CT molecular complexity index is 490. The van der Waals surface area contributed by atoms with Gasteiger partial charge in [0.15, 0.2) is 0 Å². The summed E-state index contributed by atoms with van der Waals surface area (Å²) in [5.74, 6) is 0.461. The number of nitrogens with one attached hydrogen (secondary N) is 2. The zero-order chi connectivity index (χ0) is 14.4. The molecule has 0 aliphatic carbocycles. The molecule has 108 valence electrons. The van der Waals surface area contributed by atoms with Gasteiger partial charge in [0.2, 0.25) is 5.91 Å². The van der Waals surface area contributed by atoms with E-state index in [0.29, 0.717) is 19.6 Å². The molecule has 0 spiro atoms. The van der Waals surface area contributed by atoms with Gasteiger partial charge in [0.05, 0.1) is 12.6 Å². The van der Waals surface area contributed by atoms with E-state index in [0.717, 1.165) is 17.7 Å². The molecule has 4 N–H and O–H groups in total. The Morgan fingerprint density at radius 2 is 2.15 bits per heavy atom. The van der Waals surface area contributed by atoms with Crippen molar-refractivity contribution in [3.8, 4) is 5.75 Å². The van der Waals surface area contributed by atoms with Gasteiger partial charge in [-0.25, -0.2) is 4.79 Å². The van der Waals surface area contributed by atoms with E-state index in [-0.39, 0.29) is 24.4 Å². The minimum absolute atomic E-state index is 0.0453. The van der Waals surface area contributed by atoms with E-state index >= 15 is 0 Å². The van der Waals surface area contributed by atoms with Crippen LogP contribution in [-0.2, 0) is 4.79 Å². The molecule has 0 saturated carbocycles. The first-order chi connectivity index (χ1) is 9.66. The van der Waals surface area contributed by atoms with Crippen LogP contribution in [0.5, 0.6) is 5.75 Å². The molecule has 2 rings (SSSR count). The molecule has 1 heterocycles. The number of urea groups is 1. The van der Waals surface area contributed by atoms with Crippen molar-refractivity contribution >= 4 is 11.9 Å². The number of rotatable bonds is 5. The second-order valence-corrected chi connectivity index (χ2v) is 4.70. The standard InChI is InChI=1S/C14H19N3O3/c15-13(18)6-3-8-16-14(19)17-11-7-9-20-12-5-2-1-4-10(11)12/h1-2,4-5,11H,3,6-9H2,(H2,15,18)(H2,16,17,19)/t11-/m0/s1. The van der Waals surface area contributed by atoms with E-state index in [1.54, 1.807) is 0 Å². The van der Waals surface area contributed by atoms with Crippen LogP contribution in [0.25, 0.3) is 0 Å². The number of carbonyl (C=O) groups is 2. The third-order valence-corrected chi connectivity index (χ3v) is 3.15. The molecule has 0 fully saturated rings. The van der Waals surface area contributed by atoms with Crippen LogP contribution in [-0.4, -0.2) is 25.1 Å². The molecule has 1 aromatic rings. The van der Waals surface area contributed by atoms with Crippen LogP contribution < -0.4 is 21.1 Å². The first kappa shape index (κ1) is 14.2. The van der Waals surface area contributed by atoms with Gasteiger partial charge >= 0.3 is 6.03 Å². The monoisotopic (exact) mass is 277 g/mol. The van der Waals surface area contributed by atoms with Crippen LogP contribution in [0, 0.1) is 0 Å². The molecule has 1 aliphatic heterocycles. The van der Waals surface area contributed by atoms with Crippen LogP contribution in [0.15, 0.2) is 24.3 Å². The molecule has 3 amide bonds. The third kappa shape index (κ3) is 3.88. The van der Waals surface area contributed by atoms with E-state index in [9.17, 15) is 9.59 Å². The van der Waals surface area contributed by atoms with Gasteiger partial charge in [0.1, 0.15) is 5.75 Å². The molecule has 20 heavy (non-hydrogen) atoms. The van der Waals surface area contributed by atoms with Gasteiger partial charge in [-0.05, 0) is 12.5 Å². The average molecular weight is 277 g/mol. The van der Waals surface area contributed by atoms with Crippen molar-refractivity contribution in [1.82, 2.24) is 10.6 Å². The van der Waals surface area contributed by atoms with E-state index < -0.39 is 0 Å². The fraction of sp³-hybridized carbons (Fsp3) is 0.429. The Balaban J connectivity index is 1.82. The Morgan fingerprint density at radius 1 is 1.35 bits per heavy atom. The molecule has 6 heteroatoms. The molecular formula is C14H19N3O3. The fourth-order valence-corrected chi connectivity index (χ4v) is 2.17. The Morgan fingerprint density at radius 3 is 2.95 bits per heavy atom. The van der Waals surface area contributed by atoms with Gasteiger partial charge in [0, 0.05) is 24.9 Å². The summed E-state index contributed by atoms with van der Waals surface area (Å²) in [7, 11) is 0. The lowest BCUT2D eigenvalue weighted by Gasteiger charge is -2.26. The largest absolute Gasteiger partial charge is 0.493 e. The van der Waals surface area contributed by atoms with Gasteiger partial charge in [0.25, 0.3) is 0 Å². The maximum atomic E-state index is 11.8. The fourth-order valence-electron chi connectivity index (χ4n) is 2.17. The summed E-state index contributed by atoms with van der Waals surface area (Å²) >= 11 is 0. The highest BCUT2D eigenvalue weighted by atomic mass is 16.5. The second kappa shape index (κ2) is 6.79. The van der Waals surface area contributed by atoms with Crippen molar-refractivity contribution in [2.45, 2.75) is 25.3 Å². The number of nitrogens with two attached hydrogens (primary N) is 1. The SMILES string of the molecule is NC(=O)CCCNC(=O)N[C@H]1CCOc2ccccc21. The van der Waals surface area contributed by atoms with Gasteiger partial charge in [-0.2, -0.15) is 0 Å². The van der Waals surface area contributed by atoms with Gasteiger partial charge in [-0.1, -0.05) is 18.2 Å². The molecule has 1 atom stereocenters. The quantitative estimate of drug-likeness (QED) is 0.703. The van der Waals surface area contributed by atoms with E-state index in [1.165, 1.54) is 0 Å². The second-order valence-electron chi connectivity index (χ2n) is 4.70. The number of para-hydroxylation sites is 1. The lowest BCUT2D eigenvalue weighted by molar-refractivity contribution is -0.118.